The molecular formula is C21H24N4O2S. The van der Waals surface area contributed by atoms with Crippen molar-refractivity contribution in [3.63, 3.8) is 0 Å². The molecule has 0 radical (unpaired) electrons. The largest absolute Gasteiger partial charge is 0.467 e. The van der Waals surface area contributed by atoms with Crippen molar-refractivity contribution in [2.45, 2.75) is 13.1 Å². The molecule has 1 fully saturated rings. The second kappa shape index (κ2) is 9.03. The van der Waals surface area contributed by atoms with Crippen molar-refractivity contribution < 1.29 is 9.21 Å². The smallest absolute Gasteiger partial charge is 0.237 e. The standard InChI is InChI=1S/C21H24N4O2S/c26-20(17-23-9-11-24(12-10-23)21-22-8-14-28-21)25(16-19-7-4-13-27-19)15-18-5-2-1-3-6-18/h1-8,13-14H,9-12,15-17H2. The highest BCUT2D eigenvalue weighted by Crippen LogP contribution is 2.19. The van der Waals surface area contributed by atoms with Crippen molar-refractivity contribution in [2.75, 3.05) is 37.6 Å². The second-order valence-corrected chi connectivity index (χ2v) is 7.77. The van der Waals surface area contributed by atoms with Crippen molar-refractivity contribution in [1.82, 2.24) is 14.8 Å². The van der Waals surface area contributed by atoms with Crippen molar-refractivity contribution in [3.8, 4) is 0 Å². The Labute approximate surface area is 169 Å². The van der Waals surface area contributed by atoms with Crippen LogP contribution in [0.4, 0.5) is 5.13 Å². The number of rotatable bonds is 7. The molecule has 1 saturated heterocycles. The molecule has 0 spiro atoms. The molecule has 2 aromatic heterocycles. The third-order valence-corrected chi connectivity index (χ3v) is 5.75. The highest BCUT2D eigenvalue weighted by Gasteiger charge is 2.23. The Morgan fingerprint density at radius 3 is 2.57 bits per heavy atom. The van der Waals surface area contributed by atoms with E-state index in [2.05, 4.69) is 26.9 Å². The lowest BCUT2D eigenvalue weighted by atomic mass is 10.2. The van der Waals surface area contributed by atoms with Gasteiger partial charge in [-0.05, 0) is 17.7 Å². The van der Waals surface area contributed by atoms with E-state index in [0.717, 1.165) is 42.6 Å². The van der Waals surface area contributed by atoms with Crippen LogP contribution >= 0.6 is 11.3 Å². The molecule has 1 aromatic carbocycles. The SMILES string of the molecule is O=C(CN1CCN(c2nccs2)CC1)N(Cc1ccccc1)Cc1ccco1. The van der Waals surface area contributed by atoms with Crippen LogP contribution in [-0.2, 0) is 17.9 Å². The maximum Gasteiger partial charge on any atom is 0.237 e. The van der Waals surface area contributed by atoms with Gasteiger partial charge in [-0.15, -0.1) is 11.3 Å². The number of hydrogen-bond donors (Lipinski definition) is 0. The maximum absolute atomic E-state index is 13.1. The van der Waals surface area contributed by atoms with Gasteiger partial charge in [0.25, 0.3) is 0 Å². The number of carbonyl (C=O) groups excluding carboxylic acids is 1. The van der Waals surface area contributed by atoms with Gasteiger partial charge < -0.3 is 14.2 Å². The summed E-state index contributed by atoms with van der Waals surface area (Å²) in [5, 5.41) is 3.07. The molecule has 7 heteroatoms. The first-order chi connectivity index (χ1) is 13.8. The Hall–Kier alpha value is -2.64. The van der Waals surface area contributed by atoms with Gasteiger partial charge in [-0.2, -0.15) is 0 Å². The topological polar surface area (TPSA) is 52.8 Å². The molecule has 1 aliphatic rings. The van der Waals surface area contributed by atoms with Crippen LogP contribution in [0.3, 0.4) is 0 Å². The number of amides is 1. The highest BCUT2D eigenvalue weighted by atomic mass is 32.1. The first kappa shape index (κ1) is 18.7. The Balaban J connectivity index is 1.36. The molecule has 1 aliphatic heterocycles. The summed E-state index contributed by atoms with van der Waals surface area (Å²) < 4.78 is 5.48. The Bertz CT molecular complexity index is 844. The fourth-order valence-corrected chi connectivity index (χ4v) is 4.08. The number of piperazine rings is 1. The number of furan rings is 1. The van der Waals surface area contributed by atoms with E-state index in [0.29, 0.717) is 19.6 Å². The lowest BCUT2D eigenvalue weighted by Gasteiger charge is -2.35. The Morgan fingerprint density at radius 2 is 1.89 bits per heavy atom. The Morgan fingerprint density at radius 1 is 1.07 bits per heavy atom. The average Bonchev–Trinajstić information content (AvgIpc) is 3.43. The lowest BCUT2D eigenvalue weighted by molar-refractivity contribution is -0.134. The molecule has 0 bridgehead atoms. The summed E-state index contributed by atoms with van der Waals surface area (Å²) in [6.45, 7) is 5.03. The number of benzene rings is 1. The molecule has 146 valence electrons. The van der Waals surface area contributed by atoms with Gasteiger partial charge in [-0.1, -0.05) is 30.3 Å². The van der Waals surface area contributed by atoms with Gasteiger partial charge in [0.15, 0.2) is 5.13 Å². The zero-order valence-electron chi connectivity index (χ0n) is 15.7. The molecule has 0 unspecified atom stereocenters. The molecule has 0 atom stereocenters. The van der Waals surface area contributed by atoms with Crippen LogP contribution < -0.4 is 4.90 Å². The molecule has 6 nitrogen and oxygen atoms in total. The van der Waals surface area contributed by atoms with E-state index in [9.17, 15) is 4.79 Å². The van der Waals surface area contributed by atoms with Gasteiger partial charge in [0.05, 0.1) is 19.4 Å². The van der Waals surface area contributed by atoms with Crippen LogP contribution in [0.2, 0.25) is 0 Å². The molecule has 3 aromatic rings. The summed E-state index contributed by atoms with van der Waals surface area (Å²) in [5.74, 6) is 0.931. The van der Waals surface area contributed by atoms with Gasteiger partial charge in [0.1, 0.15) is 5.76 Å². The van der Waals surface area contributed by atoms with E-state index in [1.807, 2.05) is 46.8 Å². The molecular weight excluding hydrogens is 372 g/mol. The van der Waals surface area contributed by atoms with Crippen LogP contribution in [0.1, 0.15) is 11.3 Å². The third-order valence-electron chi connectivity index (χ3n) is 4.92. The predicted molar refractivity (Wildman–Crippen MR) is 110 cm³/mol. The first-order valence-electron chi connectivity index (χ1n) is 9.49. The van der Waals surface area contributed by atoms with Gasteiger partial charge in [0.2, 0.25) is 5.91 Å². The fraction of sp³-hybridized carbons (Fsp3) is 0.333. The molecule has 3 heterocycles. The maximum atomic E-state index is 13.1. The number of anilines is 1. The summed E-state index contributed by atoms with van der Waals surface area (Å²) in [4.78, 5) is 23.8. The molecule has 0 N–H and O–H groups in total. The summed E-state index contributed by atoms with van der Waals surface area (Å²) in [6, 6.07) is 13.9. The van der Waals surface area contributed by atoms with Crippen LogP contribution in [0.5, 0.6) is 0 Å². The normalized spacial score (nSPS) is 14.9. The van der Waals surface area contributed by atoms with Gasteiger partial charge in [-0.3, -0.25) is 9.69 Å². The third kappa shape index (κ3) is 4.79. The minimum Gasteiger partial charge on any atom is -0.467 e. The van der Waals surface area contributed by atoms with Crippen molar-refractivity contribution in [2.24, 2.45) is 0 Å². The summed E-state index contributed by atoms with van der Waals surface area (Å²) in [5.41, 5.74) is 1.12. The molecule has 4 rings (SSSR count). The van der Waals surface area contributed by atoms with Crippen molar-refractivity contribution in [1.29, 1.82) is 0 Å². The van der Waals surface area contributed by atoms with Gasteiger partial charge in [0, 0.05) is 44.3 Å². The van der Waals surface area contributed by atoms with Crippen molar-refractivity contribution in [3.05, 3.63) is 71.6 Å². The van der Waals surface area contributed by atoms with E-state index >= 15 is 0 Å². The van der Waals surface area contributed by atoms with Crippen LogP contribution in [0, 0.1) is 0 Å². The van der Waals surface area contributed by atoms with Crippen LogP contribution in [-0.4, -0.2) is 53.4 Å². The van der Waals surface area contributed by atoms with E-state index < -0.39 is 0 Å². The first-order valence-corrected chi connectivity index (χ1v) is 10.4. The Kier molecular flexibility index (Phi) is 6.04. The number of nitrogens with zero attached hydrogens (tertiary/aromatic N) is 4. The van der Waals surface area contributed by atoms with Crippen LogP contribution in [0.25, 0.3) is 0 Å². The number of aromatic nitrogens is 1. The zero-order valence-corrected chi connectivity index (χ0v) is 16.6. The average molecular weight is 397 g/mol. The monoisotopic (exact) mass is 396 g/mol. The van der Waals surface area contributed by atoms with Gasteiger partial charge >= 0.3 is 0 Å². The summed E-state index contributed by atoms with van der Waals surface area (Å²) in [6.07, 6.45) is 3.49. The fourth-order valence-electron chi connectivity index (χ4n) is 3.39. The van der Waals surface area contributed by atoms with E-state index in [-0.39, 0.29) is 5.91 Å². The molecule has 0 aliphatic carbocycles. The quantitative estimate of drug-likeness (QED) is 0.614. The van der Waals surface area contributed by atoms with E-state index in [4.69, 9.17) is 4.42 Å². The molecule has 1 amide bonds. The number of thiazole rings is 1. The van der Waals surface area contributed by atoms with Gasteiger partial charge in [-0.25, -0.2) is 4.98 Å². The second-order valence-electron chi connectivity index (χ2n) is 6.89. The van der Waals surface area contributed by atoms with Crippen molar-refractivity contribution >= 4 is 22.4 Å². The van der Waals surface area contributed by atoms with E-state index in [1.54, 1.807) is 17.6 Å². The lowest BCUT2D eigenvalue weighted by Crippen LogP contribution is -2.50. The zero-order chi connectivity index (χ0) is 19.2. The minimum atomic E-state index is 0.128. The number of carbonyl (C=O) groups is 1. The summed E-state index contributed by atoms with van der Waals surface area (Å²) in [7, 11) is 0. The highest BCUT2D eigenvalue weighted by molar-refractivity contribution is 7.13. The predicted octanol–water partition coefficient (Wildman–Crippen LogP) is 3.09. The molecule has 28 heavy (non-hydrogen) atoms. The summed E-state index contributed by atoms with van der Waals surface area (Å²) >= 11 is 1.66. The minimum absolute atomic E-state index is 0.128. The van der Waals surface area contributed by atoms with Crippen LogP contribution in [0.15, 0.2) is 64.7 Å². The van der Waals surface area contributed by atoms with E-state index in [1.165, 1.54) is 0 Å². The molecule has 0 saturated carbocycles. The number of hydrogen-bond acceptors (Lipinski definition) is 6.